The van der Waals surface area contributed by atoms with Gasteiger partial charge in [0, 0.05) is 12.1 Å². The molecule has 1 aromatic heterocycles. The first-order chi connectivity index (χ1) is 5.09. The van der Waals surface area contributed by atoms with Gasteiger partial charge >= 0.3 is 0 Å². The summed E-state index contributed by atoms with van der Waals surface area (Å²) >= 11 is 0. The summed E-state index contributed by atoms with van der Waals surface area (Å²) in [6.07, 6.45) is 0. The Morgan fingerprint density at radius 3 is 2.82 bits per heavy atom. The van der Waals surface area contributed by atoms with Crippen molar-refractivity contribution in [3.63, 3.8) is 0 Å². The van der Waals surface area contributed by atoms with Gasteiger partial charge in [0.1, 0.15) is 5.82 Å². The maximum absolute atomic E-state index is 10.9. The number of H-pyrrole nitrogens is 1. The van der Waals surface area contributed by atoms with Gasteiger partial charge in [-0.3, -0.25) is 4.79 Å². The molecule has 0 aliphatic carbocycles. The van der Waals surface area contributed by atoms with E-state index in [-0.39, 0.29) is 11.6 Å². The number of rotatable bonds is 1. The molecule has 0 saturated heterocycles. The van der Waals surface area contributed by atoms with Crippen LogP contribution in [0.5, 0.6) is 0 Å². The smallest absolute Gasteiger partial charge is 0.251 e. The maximum atomic E-state index is 10.9. The fourth-order valence-electron chi connectivity index (χ4n) is 0.836. The van der Waals surface area contributed by atoms with E-state index in [1.807, 2.05) is 0 Å². The van der Waals surface area contributed by atoms with E-state index in [1.54, 1.807) is 13.8 Å². The lowest BCUT2D eigenvalue weighted by Crippen LogP contribution is -2.15. The Labute approximate surface area is 64.5 Å². The summed E-state index contributed by atoms with van der Waals surface area (Å²) in [4.78, 5) is 17.5. The highest BCUT2D eigenvalue weighted by Crippen LogP contribution is 2.01. The lowest BCUT2D eigenvalue weighted by atomic mass is 10.2. The number of nitrogens with zero attached hydrogens (tertiary/aromatic N) is 1. The van der Waals surface area contributed by atoms with E-state index < -0.39 is 0 Å². The van der Waals surface area contributed by atoms with Crippen LogP contribution in [0.2, 0.25) is 0 Å². The Balaban J connectivity index is 3.19. The lowest BCUT2D eigenvalue weighted by molar-refractivity contribution is 0.760. The van der Waals surface area contributed by atoms with Crippen LogP contribution in [0, 0.1) is 6.92 Å². The van der Waals surface area contributed by atoms with Crippen LogP contribution >= 0.6 is 0 Å². The zero-order chi connectivity index (χ0) is 8.43. The number of nitrogens with two attached hydrogens (primary N) is 1. The Morgan fingerprint density at radius 2 is 2.36 bits per heavy atom. The van der Waals surface area contributed by atoms with Gasteiger partial charge in [0.05, 0.1) is 5.69 Å². The fraction of sp³-hybridized carbons (Fsp3) is 0.429. The predicted molar refractivity (Wildman–Crippen MR) is 42.2 cm³/mol. The topological polar surface area (TPSA) is 71.8 Å². The monoisotopic (exact) mass is 153 g/mol. The van der Waals surface area contributed by atoms with Crippen LogP contribution in [0.3, 0.4) is 0 Å². The van der Waals surface area contributed by atoms with Crippen molar-refractivity contribution in [2.24, 2.45) is 5.73 Å². The van der Waals surface area contributed by atoms with Crippen LogP contribution in [0.15, 0.2) is 10.9 Å². The van der Waals surface area contributed by atoms with E-state index in [4.69, 9.17) is 5.73 Å². The third-order valence-electron chi connectivity index (χ3n) is 1.35. The molecule has 0 unspecified atom stereocenters. The Bertz CT molecular complexity index is 303. The molecule has 1 heterocycles. The van der Waals surface area contributed by atoms with Crippen LogP contribution < -0.4 is 11.3 Å². The number of hydrogen-bond donors (Lipinski definition) is 2. The summed E-state index contributed by atoms with van der Waals surface area (Å²) < 4.78 is 0. The van der Waals surface area contributed by atoms with E-state index in [2.05, 4.69) is 9.97 Å². The first-order valence-electron chi connectivity index (χ1n) is 3.43. The third-order valence-corrected chi connectivity index (χ3v) is 1.35. The van der Waals surface area contributed by atoms with Crippen molar-refractivity contribution in [3.8, 4) is 0 Å². The summed E-state index contributed by atoms with van der Waals surface area (Å²) in [6.45, 7) is 3.52. The van der Waals surface area contributed by atoms with Gasteiger partial charge in [0.15, 0.2) is 0 Å². The molecule has 0 spiro atoms. The molecule has 1 aromatic rings. The van der Waals surface area contributed by atoms with Crippen molar-refractivity contribution >= 4 is 0 Å². The highest BCUT2D eigenvalue weighted by Gasteiger charge is 2.01. The molecule has 0 amide bonds. The molecule has 11 heavy (non-hydrogen) atoms. The molecule has 0 fully saturated rings. The summed E-state index contributed by atoms with van der Waals surface area (Å²) in [6, 6.07) is 1.23. The van der Waals surface area contributed by atoms with Crippen LogP contribution in [0.1, 0.15) is 24.5 Å². The molecule has 0 saturated carbocycles. The van der Waals surface area contributed by atoms with Gasteiger partial charge in [-0.1, -0.05) is 0 Å². The lowest BCUT2D eigenvalue weighted by Gasteiger charge is -2.03. The van der Waals surface area contributed by atoms with E-state index in [9.17, 15) is 4.79 Å². The quantitative estimate of drug-likeness (QED) is 0.601. The molecule has 0 aromatic carbocycles. The molecule has 0 aliphatic heterocycles. The second kappa shape index (κ2) is 2.84. The van der Waals surface area contributed by atoms with Crippen molar-refractivity contribution in [1.82, 2.24) is 9.97 Å². The first kappa shape index (κ1) is 7.94. The summed E-state index contributed by atoms with van der Waals surface area (Å²) in [5.74, 6) is 0.602. The van der Waals surface area contributed by atoms with E-state index in [0.29, 0.717) is 11.5 Å². The largest absolute Gasteiger partial charge is 0.323 e. The molecule has 1 rings (SSSR count). The van der Waals surface area contributed by atoms with Crippen molar-refractivity contribution < 1.29 is 0 Å². The Hall–Kier alpha value is -1.16. The zero-order valence-corrected chi connectivity index (χ0v) is 6.59. The van der Waals surface area contributed by atoms with Crippen molar-refractivity contribution in [1.29, 1.82) is 0 Å². The summed E-state index contributed by atoms with van der Waals surface area (Å²) in [5.41, 5.74) is 6.02. The van der Waals surface area contributed by atoms with Gasteiger partial charge in [-0.2, -0.15) is 0 Å². The second-order valence-corrected chi connectivity index (χ2v) is 2.54. The fourth-order valence-corrected chi connectivity index (χ4v) is 0.836. The van der Waals surface area contributed by atoms with Gasteiger partial charge in [0.25, 0.3) is 5.56 Å². The minimum Gasteiger partial charge on any atom is -0.323 e. The average molecular weight is 153 g/mol. The molecule has 4 heteroatoms. The molecule has 0 radical (unpaired) electrons. The molecular weight excluding hydrogens is 142 g/mol. The van der Waals surface area contributed by atoms with Crippen molar-refractivity contribution in [2.45, 2.75) is 19.9 Å². The second-order valence-electron chi connectivity index (χ2n) is 2.54. The van der Waals surface area contributed by atoms with Gasteiger partial charge in [0.2, 0.25) is 0 Å². The minimum atomic E-state index is -0.184. The highest BCUT2D eigenvalue weighted by molar-refractivity contribution is 5.05. The maximum Gasteiger partial charge on any atom is 0.251 e. The molecule has 0 bridgehead atoms. The van der Waals surface area contributed by atoms with Crippen LogP contribution in [0.4, 0.5) is 0 Å². The van der Waals surface area contributed by atoms with Gasteiger partial charge in [-0.05, 0) is 13.8 Å². The SMILES string of the molecule is Cc1nc([C@@H](C)N)cc(=O)[nH]1. The third kappa shape index (κ3) is 1.88. The van der Waals surface area contributed by atoms with Gasteiger partial charge in [-0.25, -0.2) is 4.98 Å². The minimum absolute atomic E-state index is 0.148. The van der Waals surface area contributed by atoms with Crippen molar-refractivity contribution in [2.75, 3.05) is 0 Å². The Morgan fingerprint density at radius 1 is 1.73 bits per heavy atom. The van der Waals surface area contributed by atoms with Crippen LogP contribution in [-0.2, 0) is 0 Å². The molecule has 1 atom stereocenters. The van der Waals surface area contributed by atoms with Gasteiger partial charge in [-0.15, -0.1) is 0 Å². The molecular formula is C7H11N3O. The first-order valence-corrected chi connectivity index (χ1v) is 3.43. The van der Waals surface area contributed by atoms with E-state index in [1.165, 1.54) is 6.07 Å². The van der Waals surface area contributed by atoms with E-state index >= 15 is 0 Å². The number of hydrogen-bond acceptors (Lipinski definition) is 3. The molecule has 60 valence electrons. The normalized spacial score (nSPS) is 13.0. The van der Waals surface area contributed by atoms with Crippen LogP contribution in [0.25, 0.3) is 0 Å². The number of aromatic amines is 1. The van der Waals surface area contributed by atoms with Gasteiger partial charge < -0.3 is 10.7 Å². The number of aryl methyl sites for hydroxylation is 1. The summed E-state index contributed by atoms with van der Waals surface area (Å²) in [5, 5.41) is 0. The standard InChI is InChI=1S/C7H11N3O/c1-4(8)6-3-7(11)10-5(2)9-6/h3-4H,8H2,1-2H3,(H,9,10,11)/t4-/m1/s1. The number of aromatic nitrogens is 2. The zero-order valence-electron chi connectivity index (χ0n) is 6.59. The number of nitrogens with one attached hydrogen (secondary N) is 1. The van der Waals surface area contributed by atoms with E-state index in [0.717, 1.165) is 0 Å². The Kier molecular flexibility index (Phi) is 2.05. The average Bonchev–Trinajstić information content (AvgIpc) is 1.85. The van der Waals surface area contributed by atoms with Crippen molar-refractivity contribution in [3.05, 3.63) is 27.9 Å². The van der Waals surface area contributed by atoms with Crippen LogP contribution in [-0.4, -0.2) is 9.97 Å². The molecule has 3 N–H and O–H groups in total. The predicted octanol–water partition coefficient (Wildman–Crippen LogP) is 0.0980. The molecule has 0 aliphatic rings. The summed E-state index contributed by atoms with van der Waals surface area (Å²) in [7, 11) is 0. The highest BCUT2D eigenvalue weighted by atomic mass is 16.1. The molecule has 4 nitrogen and oxygen atoms in total.